The van der Waals surface area contributed by atoms with Crippen LogP contribution in [0.3, 0.4) is 0 Å². The summed E-state index contributed by atoms with van der Waals surface area (Å²) < 4.78 is 4.84. The van der Waals surface area contributed by atoms with Crippen molar-refractivity contribution >= 4 is 17.7 Å². The van der Waals surface area contributed by atoms with Crippen molar-refractivity contribution in [1.82, 2.24) is 5.32 Å². The molecule has 0 heterocycles. The van der Waals surface area contributed by atoms with E-state index in [4.69, 9.17) is 4.74 Å². The number of carbonyl (C=O) groups excluding carboxylic acids is 3. The highest BCUT2D eigenvalue weighted by Gasteiger charge is 2.39. The second kappa shape index (κ2) is 5.50. The summed E-state index contributed by atoms with van der Waals surface area (Å²) in [4.78, 5) is 35.1. The molecule has 0 radical (unpaired) electrons. The number of esters is 1. The third-order valence-corrected chi connectivity index (χ3v) is 3.26. The minimum absolute atomic E-state index is 0.0166. The van der Waals surface area contributed by atoms with E-state index in [9.17, 15) is 14.4 Å². The fourth-order valence-corrected chi connectivity index (χ4v) is 1.90. The molecule has 2 aliphatic carbocycles. The van der Waals surface area contributed by atoms with Crippen LogP contribution < -0.4 is 5.32 Å². The molecule has 1 amide bonds. The lowest BCUT2D eigenvalue weighted by Gasteiger charge is -2.16. The summed E-state index contributed by atoms with van der Waals surface area (Å²) in [6, 6.07) is -0.690. The maximum Gasteiger partial charge on any atom is 0.308 e. The largest absolute Gasteiger partial charge is 0.466 e. The first kappa shape index (κ1) is 13.1. The van der Waals surface area contributed by atoms with E-state index in [-0.39, 0.29) is 29.9 Å². The van der Waals surface area contributed by atoms with Crippen LogP contribution in [0, 0.1) is 11.8 Å². The molecule has 5 nitrogen and oxygen atoms in total. The molecule has 0 spiro atoms. The average molecular weight is 253 g/mol. The summed E-state index contributed by atoms with van der Waals surface area (Å²) in [6.45, 7) is 2.01. The van der Waals surface area contributed by atoms with Gasteiger partial charge in [0.25, 0.3) is 0 Å². The van der Waals surface area contributed by atoms with Crippen molar-refractivity contribution in [2.45, 2.75) is 45.1 Å². The van der Waals surface area contributed by atoms with Crippen LogP contribution in [0.15, 0.2) is 0 Å². The van der Waals surface area contributed by atoms with Gasteiger partial charge in [-0.2, -0.15) is 0 Å². The van der Waals surface area contributed by atoms with E-state index >= 15 is 0 Å². The van der Waals surface area contributed by atoms with Gasteiger partial charge in [-0.25, -0.2) is 0 Å². The van der Waals surface area contributed by atoms with E-state index in [1.165, 1.54) is 0 Å². The zero-order valence-corrected chi connectivity index (χ0v) is 10.6. The third-order valence-electron chi connectivity index (χ3n) is 3.26. The Balaban J connectivity index is 1.90. The lowest BCUT2D eigenvalue weighted by molar-refractivity contribution is -0.145. The molecule has 100 valence electrons. The summed E-state index contributed by atoms with van der Waals surface area (Å²) in [5, 5.41) is 2.70. The van der Waals surface area contributed by atoms with Crippen LogP contribution in [-0.4, -0.2) is 30.3 Å². The zero-order valence-electron chi connectivity index (χ0n) is 10.6. The smallest absolute Gasteiger partial charge is 0.308 e. The number of hydrogen-bond acceptors (Lipinski definition) is 4. The molecule has 0 bridgehead atoms. The lowest BCUT2D eigenvalue weighted by Crippen LogP contribution is -2.44. The van der Waals surface area contributed by atoms with Gasteiger partial charge >= 0.3 is 5.97 Å². The van der Waals surface area contributed by atoms with Gasteiger partial charge in [0.1, 0.15) is 0 Å². The first-order chi connectivity index (χ1) is 8.61. The predicted octanol–water partition coefficient (Wildman–Crippen LogP) is 0.813. The van der Waals surface area contributed by atoms with Crippen molar-refractivity contribution in [3.63, 3.8) is 0 Å². The molecule has 18 heavy (non-hydrogen) atoms. The Morgan fingerprint density at radius 3 is 2.28 bits per heavy atom. The zero-order chi connectivity index (χ0) is 13.1. The number of rotatable bonds is 7. The highest BCUT2D eigenvalue weighted by atomic mass is 16.5. The Morgan fingerprint density at radius 2 is 1.78 bits per heavy atom. The van der Waals surface area contributed by atoms with E-state index in [1.54, 1.807) is 6.92 Å². The first-order valence-electron chi connectivity index (χ1n) is 6.61. The molecule has 1 atom stereocenters. The number of carbonyl (C=O) groups is 3. The molecule has 0 aromatic rings. The van der Waals surface area contributed by atoms with E-state index in [0.717, 1.165) is 25.7 Å². The van der Waals surface area contributed by atoms with E-state index in [0.29, 0.717) is 6.61 Å². The molecule has 0 aliphatic heterocycles. The van der Waals surface area contributed by atoms with Crippen molar-refractivity contribution in [2.24, 2.45) is 11.8 Å². The summed E-state index contributed by atoms with van der Waals surface area (Å²) in [7, 11) is 0. The number of ether oxygens (including phenoxy) is 1. The van der Waals surface area contributed by atoms with Gasteiger partial charge in [-0.3, -0.25) is 14.4 Å². The van der Waals surface area contributed by atoms with Crippen LogP contribution in [0.1, 0.15) is 39.0 Å². The maximum absolute atomic E-state index is 12.0. The third kappa shape index (κ3) is 3.55. The van der Waals surface area contributed by atoms with Gasteiger partial charge in [-0.05, 0) is 32.6 Å². The number of hydrogen-bond donors (Lipinski definition) is 1. The van der Waals surface area contributed by atoms with Gasteiger partial charge in [0.15, 0.2) is 5.78 Å². The number of nitrogens with one attached hydrogen (secondary N) is 1. The first-order valence-corrected chi connectivity index (χ1v) is 6.61. The van der Waals surface area contributed by atoms with Gasteiger partial charge in [0, 0.05) is 11.8 Å². The van der Waals surface area contributed by atoms with Crippen molar-refractivity contribution in [1.29, 1.82) is 0 Å². The van der Waals surface area contributed by atoms with E-state index in [2.05, 4.69) is 5.32 Å². The Morgan fingerprint density at radius 1 is 1.17 bits per heavy atom. The van der Waals surface area contributed by atoms with Crippen molar-refractivity contribution in [3.8, 4) is 0 Å². The van der Waals surface area contributed by atoms with Crippen LogP contribution in [-0.2, 0) is 19.1 Å². The van der Waals surface area contributed by atoms with Crippen LogP contribution in [0.4, 0.5) is 0 Å². The molecule has 2 rings (SSSR count). The molecule has 2 saturated carbocycles. The highest BCUT2D eigenvalue weighted by Crippen LogP contribution is 2.32. The molecule has 1 unspecified atom stereocenters. The average Bonchev–Trinajstić information content (AvgIpc) is 3.19. The standard InChI is InChI=1S/C13H19NO4/c1-2-18-11(15)7-10(12(16)8-3-4-8)14-13(17)9-5-6-9/h8-10H,2-7H2,1H3,(H,14,17). The maximum atomic E-state index is 12.0. The normalized spacial score (nSPS) is 20.1. The van der Waals surface area contributed by atoms with E-state index in [1.807, 2.05) is 0 Å². The quantitative estimate of drug-likeness (QED) is 0.682. The SMILES string of the molecule is CCOC(=O)CC(NC(=O)C1CC1)C(=O)C1CC1. The summed E-state index contributed by atoms with van der Waals surface area (Å²) in [6.07, 6.45) is 3.47. The van der Waals surface area contributed by atoms with Crippen molar-refractivity contribution in [2.75, 3.05) is 6.61 Å². The fourth-order valence-electron chi connectivity index (χ4n) is 1.90. The molecule has 0 aromatic carbocycles. The second-order valence-electron chi connectivity index (χ2n) is 5.02. The van der Waals surface area contributed by atoms with Crippen molar-refractivity contribution in [3.05, 3.63) is 0 Å². The molecule has 0 aromatic heterocycles. The summed E-state index contributed by atoms with van der Waals surface area (Å²) in [5.41, 5.74) is 0. The van der Waals surface area contributed by atoms with Gasteiger partial charge in [0.05, 0.1) is 19.1 Å². The molecule has 1 N–H and O–H groups in total. The summed E-state index contributed by atoms with van der Waals surface area (Å²) >= 11 is 0. The number of Topliss-reactive ketones (excluding diaryl/α,β-unsaturated/α-hetero) is 1. The van der Waals surface area contributed by atoms with Crippen LogP contribution in [0.5, 0.6) is 0 Å². The van der Waals surface area contributed by atoms with Crippen LogP contribution >= 0.6 is 0 Å². The van der Waals surface area contributed by atoms with Crippen LogP contribution in [0.25, 0.3) is 0 Å². The predicted molar refractivity (Wildman–Crippen MR) is 63.6 cm³/mol. The minimum atomic E-state index is -0.690. The Kier molecular flexibility index (Phi) is 3.99. The lowest BCUT2D eigenvalue weighted by atomic mass is 10.0. The number of amides is 1. The minimum Gasteiger partial charge on any atom is -0.466 e. The van der Waals surface area contributed by atoms with Gasteiger partial charge in [-0.1, -0.05) is 0 Å². The van der Waals surface area contributed by atoms with Gasteiger partial charge < -0.3 is 10.1 Å². The van der Waals surface area contributed by atoms with E-state index < -0.39 is 12.0 Å². The Labute approximate surface area is 106 Å². The summed E-state index contributed by atoms with van der Waals surface area (Å²) in [5.74, 6) is -0.464. The molecule has 0 saturated heterocycles. The molecule has 5 heteroatoms. The monoisotopic (exact) mass is 253 g/mol. The highest BCUT2D eigenvalue weighted by molar-refractivity contribution is 5.95. The molecular weight excluding hydrogens is 234 g/mol. The molecule has 2 aliphatic rings. The number of ketones is 1. The fraction of sp³-hybridized carbons (Fsp3) is 0.769. The Hall–Kier alpha value is -1.39. The van der Waals surface area contributed by atoms with Gasteiger partial charge in [-0.15, -0.1) is 0 Å². The van der Waals surface area contributed by atoms with Crippen LogP contribution in [0.2, 0.25) is 0 Å². The molecule has 2 fully saturated rings. The second-order valence-corrected chi connectivity index (χ2v) is 5.02. The van der Waals surface area contributed by atoms with Gasteiger partial charge in [0.2, 0.25) is 5.91 Å². The molecular formula is C13H19NO4. The van der Waals surface area contributed by atoms with Crippen molar-refractivity contribution < 1.29 is 19.1 Å². The Bertz CT molecular complexity index is 358. The topological polar surface area (TPSA) is 72.5 Å².